The summed E-state index contributed by atoms with van der Waals surface area (Å²) in [5.74, 6) is 0. The van der Waals surface area contributed by atoms with Gasteiger partial charge in [0.25, 0.3) is 0 Å². The van der Waals surface area contributed by atoms with Gasteiger partial charge in [-0.15, -0.1) is 0 Å². The van der Waals surface area contributed by atoms with Crippen LogP contribution >= 0.6 is 11.8 Å². The lowest BCUT2D eigenvalue weighted by molar-refractivity contribution is -0.243. The second-order valence-electron chi connectivity index (χ2n) is 9.49. The fourth-order valence-corrected chi connectivity index (χ4v) is 5.63. The second kappa shape index (κ2) is 14.4. The molecule has 39 heavy (non-hydrogen) atoms. The van der Waals surface area contributed by atoms with Crippen molar-refractivity contribution in [1.29, 1.82) is 0 Å². The van der Waals surface area contributed by atoms with E-state index >= 15 is 0 Å². The molecule has 1 N–H and O–H groups in total. The molecule has 0 spiro atoms. The van der Waals surface area contributed by atoms with Gasteiger partial charge in [0.1, 0.15) is 29.9 Å². The zero-order valence-corrected chi connectivity index (χ0v) is 22.6. The summed E-state index contributed by atoms with van der Waals surface area (Å²) in [6.45, 7) is 1.49. The zero-order chi connectivity index (χ0) is 26.7. The Balaban J connectivity index is 1.37. The Morgan fingerprint density at radius 1 is 0.590 bits per heavy atom. The summed E-state index contributed by atoms with van der Waals surface area (Å²) in [6.07, 6.45) is -2.51. The van der Waals surface area contributed by atoms with E-state index in [0.29, 0.717) is 26.4 Å². The molecule has 4 aromatic rings. The van der Waals surface area contributed by atoms with Gasteiger partial charge >= 0.3 is 0 Å². The molecule has 5 nitrogen and oxygen atoms in total. The minimum absolute atomic E-state index is 0.304. The summed E-state index contributed by atoms with van der Waals surface area (Å²) in [4.78, 5) is 1.01. The van der Waals surface area contributed by atoms with Crippen molar-refractivity contribution in [3.8, 4) is 0 Å². The lowest BCUT2D eigenvalue weighted by Crippen LogP contribution is -2.59. The summed E-state index contributed by atoms with van der Waals surface area (Å²) >= 11 is 1.48. The van der Waals surface area contributed by atoms with Gasteiger partial charge in [-0.3, -0.25) is 0 Å². The molecule has 0 aromatic heterocycles. The average Bonchev–Trinajstić information content (AvgIpc) is 2.99. The Hall–Kier alpha value is -2.97. The van der Waals surface area contributed by atoms with Crippen LogP contribution in [0.25, 0.3) is 0 Å². The number of hydrogen-bond donors (Lipinski definition) is 1. The smallest absolute Gasteiger partial charge is 0.136 e. The molecule has 2 unspecified atom stereocenters. The third kappa shape index (κ3) is 8.02. The van der Waals surface area contributed by atoms with Crippen LogP contribution in [0.2, 0.25) is 0 Å². The summed E-state index contributed by atoms with van der Waals surface area (Å²) < 4.78 is 25.5. The summed E-state index contributed by atoms with van der Waals surface area (Å²) in [6, 6.07) is 40.0. The number of rotatable bonds is 12. The van der Waals surface area contributed by atoms with Crippen LogP contribution in [0.4, 0.5) is 0 Å². The fourth-order valence-electron chi connectivity index (χ4n) is 4.55. The minimum Gasteiger partial charge on any atom is -0.387 e. The quantitative estimate of drug-likeness (QED) is 0.228. The third-order valence-corrected chi connectivity index (χ3v) is 7.74. The second-order valence-corrected chi connectivity index (χ2v) is 10.7. The fraction of sp³-hybridized carbons (Fsp3) is 0.273. The molecule has 5 atom stereocenters. The average molecular weight is 543 g/mol. The first kappa shape index (κ1) is 27.6. The number of hydrogen-bond acceptors (Lipinski definition) is 6. The van der Waals surface area contributed by atoms with E-state index in [-0.39, 0.29) is 0 Å². The van der Waals surface area contributed by atoms with Gasteiger partial charge in [0.2, 0.25) is 0 Å². The SMILES string of the molecule is OC1[C@@H](OCc2ccccc2)[C@@H](OCc2ccccc2)C(COCc2ccccc2)O[C@H]1Sc1ccccc1. The minimum atomic E-state index is -0.912. The number of aliphatic hydroxyl groups excluding tert-OH is 1. The van der Waals surface area contributed by atoms with E-state index in [1.807, 2.05) is 121 Å². The normalized spacial score (nSPS) is 22.9. The van der Waals surface area contributed by atoms with E-state index < -0.39 is 29.9 Å². The first-order valence-corrected chi connectivity index (χ1v) is 14.1. The van der Waals surface area contributed by atoms with Crippen LogP contribution in [-0.2, 0) is 38.8 Å². The van der Waals surface area contributed by atoms with Crippen LogP contribution in [0.3, 0.4) is 0 Å². The van der Waals surface area contributed by atoms with Gasteiger partial charge in [-0.2, -0.15) is 0 Å². The first-order chi connectivity index (χ1) is 19.3. The van der Waals surface area contributed by atoms with Crippen LogP contribution in [0.1, 0.15) is 16.7 Å². The molecule has 5 rings (SSSR count). The molecule has 0 aliphatic carbocycles. The van der Waals surface area contributed by atoms with Crippen molar-refractivity contribution in [3.63, 3.8) is 0 Å². The maximum atomic E-state index is 11.6. The van der Waals surface area contributed by atoms with Gasteiger partial charge in [-0.25, -0.2) is 0 Å². The molecular weight excluding hydrogens is 508 g/mol. The summed E-state index contributed by atoms with van der Waals surface area (Å²) in [5, 5.41) is 11.6. The van der Waals surface area contributed by atoms with Gasteiger partial charge in [0.15, 0.2) is 0 Å². The third-order valence-electron chi connectivity index (χ3n) is 6.57. The molecule has 0 saturated carbocycles. The highest BCUT2D eigenvalue weighted by Gasteiger charge is 2.47. The molecule has 1 aliphatic heterocycles. The number of aliphatic hydroxyl groups is 1. The maximum Gasteiger partial charge on any atom is 0.136 e. The Labute approximate surface area is 234 Å². The topological polar surface area (TPSA) is 57.2 Å². The lowest BCUT2D eigenvalue weighted by atomic mass is 9.99. The highest BCUT2D eigenvalue weighted by Crippen LogP contribution is 2.36. The Morgan fingerprint density at radius 2 is 1.05 bits per heavy atom. The standard InChI is InChI=1S/C33H34O5S/c34-30-32(37-23-27-17-9-3-10-18-27)31(36-22-26-15-7-2-8-16-26)29(24-35-21-25-13-5-1-6-14-25)38-33(30)39-28-19-11-4-12-20-28/h1-20,29-34H,21-24H2/t29?,30?,31-,32+,33-/m0/s1. The van der Waals surface area contributed by atoms with Crippen molar-refractivity contribution in [3.05, 3.63) is 138 Å². The molecule has 202 valence electrons. The van der Waals surface area contributed by atoms with E-state index in [1.54, 1.807) is 0 Å². The molecule has 4 aromatic carbocycles. The van der Waals surface area contributed by atoms with Gasteiger partial charge in [-0.05, 0) is 28.8 Å². The van der Waals surface area contributed by atoms with Crippen molar-refractivity contribution < 1.29 is 24.1 Å². The van der Waals surface area contributed by atoms with Crippen molar-refractivity contribution in [2.75, 3.05) is 6.61 Å². The van der Waals surface area contributed by atoms with Gasteiger partial charge in [0.05, 0.1) is 26.4 Å². The predicted octanol–water partition coefficient (Wildman–Crippen LogP) is 6.25. The molecule has 0 amide bonds. The largest absolute Gasteiger partial charge is 0.387 e. The first-order valence-electron chi connectivity index (χ1n) is 13.2. The predicted molar refractivity (Wildman–Crippen MR) is 153 cm³/mol. The van der Waals surface area contributed by atoms with E-state index in [4.69, 9.17) is 18.9 Å². The van der Waals surface area contributed by atoms with Gasteiger partial charge < -0.3 is 24.1 Å². The Morgan fingerprint density at radius 3 is 1.59 bits per heavy atom. The van der Waals surface area contributed by atoms with Crippen molar-refractivity contribution >= 4 is 11.8 Å². The van der Waals surface area contributed by atoms with Crippen LogP contribution < -0.4 is 0 Å². The zero-order valence-electron chi connectivity index (χ0n) is 21.8. The van der Waals surface area contributed by atoms with E-state index in [2.05, 4.69) is 0 Å². The van der Waals surface area contributed by atoms with Crippen molar-refractivity contribution in [2.45, 2.75) is 54.6 Å². The number of ether oxygens (including phenoxy) is 4. The van der Waals surface area contributed by atoms with Crippen LogP contribution in [0.15, 0.2) is 126 Å². The van der Waals surface area contributed by atoms with Gasteiger partial charge in [-0.1, -0.05) is 121 Å². The molecule has 1 saturated heterocycles. The summed E-state index contributed by atoms with van der Waals surface area (Å²) in [7, 11) is 0. The van der Waals surface area contributed by atoms with Gasteiger partial charge in [0, 0.05) is 4.90 Å². The molecule has 0 radical (unpaired) electrons. The summed E-state index contributed by atoms with van der Waals surface area (Å²) in [5.41, 5.74) is 2.61. The highest BCUT2D eigenvalue weighted by atomic mass is 32.2. The van der Waals surface area contributed by atoms with Crippen LogP contribution in [0, 0.1) is 0 Å². The maximum absolute atomic E-state index is 11.6. The van der Waals surface area contributed by atoms with E-state index in [0.717, 1.165) is 21.6 Å². The number of thioether (sulfide) groups is 1. The highest BCUT2D eigenvalue weighted by molar-refractivity contribution is 7.99. The molecule has 1 fully saturated rings. The van der Waals surface area contributed by atoms with E-state index in [9.17, 15) is 5.11 Å². The van der Waals surface area contributed by atoms with Crippen LogP contribution in [0.5, 0.6) is 0 Å². The monoisotopic (exact) mass is 542 g/mol. The molecule has 6 heteroatoms. The molecule has 0 bridgehead atoms. The number of benzene rings is 4. The Kier molecular flexibility index (Phi) is 10.2. The molecular formula is C33H34O5S. The van der Waals surface area contributed by atoms with E-state index in [1.165, 1.54) is 11.8 Å². The van der Waals surface area contributed by atoms with Crippen molar-refractivity contribution in [1.82, 2.24) is 0 Å². The van der Waals surface area contributed by atoms with Crippen LogP contribution in [-0.4, -0.2) is 41.6 Å². The van der Waals surface area contributed by atoms with Crippen molar-refractivity contribution in [2.24, 2.45) is 0 Å². The Bertz CT molecular complexity index is 1230. The molecule has 1 heterocycles. The molecule has 1 aliphatic rings. The lowest BCUT2D eigenvalue weighted by Gasteiger charge is -2.44.